The maximum Gasteiger partial charge on any atom is 0.222 e. The van der Waals surface area contributed by atoms with Gasteiger partial charge in [0.25, 0.3) is 0 Å². The molecule has 1 aliphatic carbocycles. The maximum atomic E-state index is 11.6. The average molecular weight is 438 g/mol. The first-order valence-electron chi connectivity index (χ1n) is 11.8. The molecule has 2 atom stereocenters. The summed E-state index contributed by atoms with van der Waals surface area (Å²) in [6.45, 7) is 5.00. The first kappa shape index (κ1) is 22.7. The molecule has 1 saturated carbocycles. The van der Waals surface area contributed by atoms with Crippen molar-refractivity contribution in [2.24, 2.45) is 0 Å². The number of nitrogens with one attached hydrogen (secondary N) is 3. The second kappa shape index (κ2) is 9.96. The molecule has 2 aromatic rings. The summed E-state index contributed by atoms with van der Waals surface area (Å²) in [4.78, 5) is 18.8. The van der Waals surface area contributed by atoms with Crippen molar-refractivity contribution in [2.75, 3.05) is 25.1 Å². The van der Waals surface area contributed by atoms with Crippen LogP contribution in [0.5, 0.6) is 0 Å². The van der Waals surface area contributed by atoms with Crippen LogP contribution in [0, 0.1) is 12.3 Å². The number of carbonyl (C=O) groups is 1. The number of carbonyl (C=O) groups excluding carboxylic acids is 1. The monoisotopic (exact) mass is 437 g/mol. The van der Waals surface area contributed by atoms with Gasteiger partial charge in [-0.2, -0.15) is 0 Å². The Labute approximate surface area is 190 Å². The normalized spacial score (nSPS) is 22.2. The fourth-order valence-corrected chi connectivity index (χ4v) is 5.06. The van der Waals surface area contributed by atoms with Gasteiger partial charge in [-0.3, -0.25) is 10.2 Å². The van der Waals surface area contributed by atoms with Crippen molar-refractivity contribution in [1.29, 1.82) is 5.41 Å². The van der Waals surface area contributed by atoms with Crippen LogP contribution < -0.4 is 15.5 Å². The number of nitrogens with zero attached hydrogens (tertiary/aromatic N) is 2. The van der Waals surface area contributed by atoms with Gasteiger partial charge in [-0.15, -0.1) is 0 Å². The minimum atomic E-state index is -0.254. The summed E-state index contributed by atoms with van der Waals surface area (Å²) in [5, 5.41) is 16.0. The van der Waals surface area contributed by atoms with Crippen LogP contribution >= 0.6 is 0 Å². The number of methoxy groups -OCH3 is 1. The minimum Gasteiger partial charge on any atom is -0.378 e. The van der Waals surface area contributed by atoms with Gasteiger partial charge in [-0.25, -0.2) is 4.98 Å². The smallest absolute Gasteiger partial charge is 0.222 e. The van der Waals surface area contributed by atoms with E-state index in [1.54, 1.807) is 7.11 Å². The number of aryl methyl sites for hydroxylation is 1. The first-order valence-corrected chi connectivity index (χ1v) is 11.8. The Morgan fingerprint density at radius 2 is 1.97 bits per heavy atom. The lowest BCUT2D eigenvalue weighted by Gasteiger charge is -2.41. The number of piperidine rings is 1. The van der Waals surface area contributed by atoms with Crippen LogP contribution in [-0.4, -0.2) is 55.1 Å². The molecule has 2 unspecified atom stereocenters. The van der Waals surface area contributed by atoms with Crippen LogP contribution in [0.2, 0.25) is 0 Å². The molecule has 2 heterocycles. The van der Waals surface area contributed by atoms with Gasteiger partial charge < -0.3 is 20.3 Å². The van der Waals surface area contributed by atoms with Crippen molar-refractivity contribution in [3.8, 4) is 0 Å². The van der Waals surface area contributed by atoms with Crippen LogP contribution in [0.1, 0.15) is 56.6 Å². The zero-order valence-electron chi connectivity index (χ0n) is 19.4. The number of amides is 1. The number of fused-ring (bicyclic) bond motifs is 1. The Kier molecular flexibility index (Phi) is 7.06. The molecule has 0 radical (unpaired) electrons. The maximum absolute atomic E-state index is 11.6. The molecule has 0 spiro atoms. The zero-order valence-corrected chi connectivity index (χ0v) is 19.4. The van der Waals surface area contributed by atoms with Crippen molar-refractivity contribution >= 4 is 28.5 Å². The van der Waals surface area contributed by atoms with Gasteiger partial charge >= 0.3 is 0 Å². The highest BCUT2D eigenvalue weighted by Gasteiger charge is 2.33. The Morgan fingerprint density at radius 3 is 2.69 bits per heavy atom. The summed E-state index contributed by atoms with van der Waals surface area (Å²) in [5.74, 6) is 0.563. The van der Waals surface area contributed by atoms with E-state index in [4.69, 9.17) is 15.1 Å². The lowest BCUT2D eigenvalue weighted by atomic mass is 9.92. The summed E-state index contributed by atoms with van der Waals surface area (Å²) in [5.41, 5.74) is 2.67. The number of benzene rings is 1. The van der Waals surface area contributed by atoms with Gasteiger partial charge in [-0.05, 0) is 44.4 Å². The van der Waals surface area contributed by atoms with Crippen molar-refractivity contribution in [2.45, 2.75) is 70.6 Å². The van der Waals surface area contributed by atoms with Crippen molar-refractivity contribution in [3.63, 3.8) is 0 Å². The third kappa shape index (κ3) is 5.10. The Bertz CT molecular complexity index is 986. The minimum absolute atomic E-state index is 0.0454. The zero-order chi connectivity index (χ0) is 22.7. The first-order chi connectivity index (χ1) is 15.4. The lowest BCUT2D eigenvalue weighted by Crippen LogP contribution is -2.56. The number of amidine groups is 1. The molecule has 32 heavy (non-hydrogen) atoms. The summed E-state index contributed by atoms with van der Waals surface area (Å²) >= 11 is 0. The molecule has 1 aromatic carbocycles. The van der Waals surface area contributed by atoms with Crippen LogP contribution in [0.25, 0.3) is 10.9 Å². The van der Waals surface area contributed by atoms with Crippen molar-refractivity contribution in [3.05, 3.63) is 35.4 Å². The fourth-order valence-electron chi connectivity index (χ4n) is 5.06. The van der Waals surface area contributed by atoms with Crippen LogP contribution in [0.15, 0.2) is 24.3 Å². The van der Waals surface area contributed by atoms with E-state index in [0.29, 0.717) is 24.2 Å². The molecule has 1 aromatic heterocycles. The number of rotatable bonds is 5. The molecule has 172 valence electrons. The van der Waals surface area contributed by atoms with E-state index in [0.717, 1.165) is 35.2 Å². The molecule has 0 bridgehead atoms. The molecular weight excluding hydrogens is 402 g/mol. The number of pyridine rings is 1. The van der Waals surface area contributed by atoms with Gasteiger partial charge in [0.1, 0.15) is 11.7 Å². The van der Waals surface area contributed by atoms with Gasteiger partial charge in [0.15, 0.2) is 0 Å². The Hall–Kier alpha value is -2.51. The van der Waals surface area contributed by atoms with E-state index in [1.165, 1.54) is 39.0 Å². The number of aromatic nitrogens is 1. The van der Waals surface area contributed by atoms with Gasteiger partial charge in [0.2, 0.25) is 5.91 Å². The molecular formula is C25H35N5O2. The predicted molar refractivity (Wildman–Crippen MR) is 129 cm³/mol. The van der Waals surface area contributed by atoms with Crippen LogP contribution in [0.3, 0.4) is 0 Å². The second-order valence-electron chi connectivity index (χ2n) is 9.23. The largest absolute Gasteiger partial charge is 0.378 e. The summed E-state index contributed by atoms with van der Waals surface area (Å²) in [7, 11) is 1.78. The number of hydrogen-bond acceptors (Lipinski definition) is 6. The molecule has 7 heteroatoms. The van der Waals surface area contributed by atoms with Gasteiger partial charge in [0, 0.05) is 44.6 Å². The quantitative estimate of drug-likeness (QED) is 0.492. The summed E-state index contributed by atoms with van der Waals surface area (Å²) in [6, 6.07) is 9.01. The van der Waals surface area contributed by atoms with Crippen LogP contribution in [-0.2, 0) is 9.53 Å². The fraction of sp³-hybridized carbons (Fsp3) is 0.560. The molecule has 7 nitrogen and oxygen atoms in total. The number of hydrogen-bond donors (Lipinski definition) is 3. The topological polar surface area (TPSA) is 90.3 Å². The standard InChI is InChI=1S/C25H35N5O2/c1-16-9-10-21-18(13-16)14-20(24(26)27-17(2)31)25(29-21)30-12-11-22(23(15-30)32-3)28-19-7-5-4-6-8-19/h9-10,13-14,19,22-23,28H,4-8,11-12,15H2,1-3H3,(H2,26,27,31). The molecule has 2 aliphatic rings. The molecule has 3 N–H and O–H groups in total. The lowest BCUT2D eigenvalue weighted by molar-refractivity contribution is -0.117. The van der Waals surface area contributed by atoms with E-state index >= 15 is 0 Å². The molecule has 2 fully saturated rings. The molecule has 1 aliphatic heterocycles. The number of ether oxygens (including phenoxy) is 1. The van der Waals surface area contributed by atoms with Crippen molar-refractivity contribution < 1.29 is 9.53 Å². The third-order valence-electron chi connectivity index (χ3n) is 6.74. The van der Waals surface area contributed by atoms with E-state index in [9.17, 15) is 4.79 Å². The number of anilines is 1. The van der Waals surface area contributed by atoms with E-state index in [-0.39, 0.29) is 17.8 Å². The highest BCUT2D eigenvalue weighted by atomic mass is 16.5. The van der Waals surface area contributed by atoms with Gasteiger partial charge in [-0.1, -0.05) is 30.9 Å². The highest BCUT2D eigenvalue weighted by Crippen LogP contribution is 2.28. The highest BCUT2D eigenvalue weighted by molar-refractivity contribution is 6.10. The van der Waals surface area contributed by atoms with E-state index < -0.39 is 0 Å². The van der Waals surface area contributed by atoms with E-state index in [2.05, 4.69) is 27.7 Å². The predicted octanol–water partition coefficient (Wildman–Crippen LogP) is 3.52. The molecule has 1 saturated heterocycles. The SMILES string of the molecule is COC1CN(c2nc3ccc(C)cc3cc2C(=N)NC(C)=O)CCC1NC1CCCCC1. The Morgan fingerprint density at radius 1 is 1.19 bits per heavy atom. The Balaban J connectivity index is 1.60. The average Bonchev–Trinajstić information content (AvgIpc) is 2.78. The van der Waals surface area contributed by atoms with E-state index in [1.807, 2.05) is 19.1 Å². The van der Waals surface area contributed by atoms with Gasteiger partial charge in [0.05, 0.1) is 17.2 Å². The molecule has 1 amide bonds. The van der Waals surface area contributed by atoms with Crippen LogP contribution in [0.4, 0.5) is 5.82 Å². The summed E-state index contributed by atoms with van der Waals surface area (Å²) < 4.78 is 5.91. The third-order valence-corrected chi connectivity index (χ3v) is 6.74. The second-order valence-corrected chi connectivity index (χ2v) is 9.23. The summed E-state index contributed by atoms with van der Waals surface area (Å²) in [6.07, 6.45) is 7.47. The van der Waals surface area contributed by atoms with Crippen molar-refractivity contribution in [1.82, 2.24) is 15.6 Å². The molecule has 4 rings (SSSR count).